The number of carbonyl (C=O) groups is 1. The van der Waals surface area contributed by atoms with Crippen LogP contribution in [0.2, 0.25) is 0 Å². The van der Waals surface area contributed by atoms with Crippen LogP contribution in [0.1, 0.15) is 32.3 Å². The molecule has 108 valence electrons. The first-order valence-electron chi connectivity index (χ1n) is 7.18. The number of hydrogen-bond donors (Lipinski definition) is 2. The molecular formula is C16H22N2OS. The number of fused-ring (bicyclic) bond motifs is 1. The van der Waals surface area contributed by atoms with Gasteiger partial charge in [0, 0.05) is 35.5 Å². The molecule has 3 nitrogen and oxygen atoms in total. The number of H-pyrrole nitrogens is 1. The van der Waals surface area contributed by atoms with Crippen molar-refractivity contribution in [3.63, 3.8) is 0 Å². The van der Waals surface area contributed by atoms with Gasteiger partial charge in [-0.2, -0.15) is 0 Å². The summed E-state index contributed by atoms with van der Waals surface area (Å²) < 4.78 is 0. The highest BCUT2D eigenvalue weighted by molar-refractivity contribution is 7.99. The number of hydrogen-bond acceptors (Lipinski definition) is 2. The van der Waals surface area contributed by atoms with Crippen molar-refractivity contribution < 1.29 is 4.79 Å². The number of benzene rings is 1. The molecule has 2 N–H and O–H groups in total. The van der Waals surface area contributed by atoms with Gasteiger partial charge in [0.2, 0.25) is 5.91 Å². The Morgan fingerprint density at radius 2 is 2.25 bits per heavy atom. The maximum absolute atomic E-state index is 10.9. The van der Waals surface area contributed by atoms with Crippen LogP contribution in [0.3, 0.4) is 0 Å². The monoisotopic (exact) mass is 290 g/mol. The van der Waals surface area contributed by atoms with E-state index >= 15 is 0 Å². The van der Waals surface area contributed by atoms with Crippen molar-refractivity contribution in [3.8, 4) is 0 Å². The van der Waals surface area contributed by atoms with Gasteiger partial charge in [0.05, 0.1) is 0 Å². The lowest BCUT2D eigenvalue weighted by atomic mass is 10.1. The second-order valence-electron chi connectivity index (χ2n) is 4.96. The number of aromatic amines is 1. The summed E-state index contributed by atoms with van der Waals surface area (Å²) in [5.74, 6) is 1.20. The van der Waals surface area contributed by atoms with E-state index in [2.05, 4.69) is 35.4 Å². The van der Waals surface area contributed by atoms with Crippen LogP contribution in [-0.4, -0.2) is 23.2 Å². The summed E-state index contributed by atoms with van der Waals surface area (Å²) in [6.07, 6.45) is 5.40. The van der Waals surface area contributed by atoms with Crippen LogP contribution in [-0.2, 0) is 11.2 Å². The first kappa shape index (κ1) is 15.0. The first-order valence-corrected chi connectivity index (χ1v) is 8.16. The zero-order valence-corrected chi connectivity index (χ0v) is 13.0. The summed E-state index contributed by atoms with van der Waals surface area (Å²) in [5, 5.41) is 4.12. The highest BCUT2D eigenvalue weighted by atomic mass is 32.2. The predicted molar refractivity (Wildman–Crippen MR) is 86.3 cm³/mol. The van der Waals surface area contributed by atoms with E-state index in [1.54, 1.807) is 6.92 Å². The normalized spacial score (nSPS) is 10.9. The number of thioether (sulfide) groups is 1. The Kier molecular flexibility index (Phi) is 5.53. The molecule has 0 unspecified atom stereocenters. The van der Waals surface area contributed by atoms with E-state index in [1.807, 2.05) is 18.0 Å². The average Bonchev–Trinajstić information content (AvgIpc) is 2.82. The molecule has 0 aliphatic heterocycles. The van der Waals surface area contributed by atoms with Crippen LogP contribution < -0.4 is 5.32 Å². The van der Waals surface area contributed by atoms with Crippen molar-refractivity contribution in [1.29, 1.82) is 0 Å². The molecule has 1 heterocycles. The molecule has 20 heavy (non-hydrogen) atoms. The van der Waals surface area contributed by atoms with Gasteiger partial charge in [0.15, 0.2) is 0 Å². The molecular weight excluding hydrogens is 268 g/mol. The minimum absolute atomic E-state index is 0.0284. The fourth-order valence-corrected chi connectivity index (χ4v) is 3.20. The number of aromatic nitrogens is 1. The molecule has 1 amide bonds. The van der Waals surface area contributed by atoms with Crippen LogP contribution in [0.4, 0.5) is 0 Å². The van der Waals surface area contributed by atoms with Gasteiger partial charge in [-0.3, -0.25) is 4.79 Å². The average molecular weight is 290 g/mol. The Morgan fingerprint density at radius 1 is 1.40 bits per heavy atom. The standard InChI is InChI=1S/C16H22N2OS/c1-3-4-9-20-14-5-6-16-15(10-14)13(11-18-16)7-8-17-12(2)19/h5-6,10-11,18H,3-4,7-9H2,1-2H3,(H,17,19). The van der Waals surface area contributed by atoms with E-state index in [1.165, 1.54) is 40.0 Å². The van der Waals surface area contributed by atoms with Crippen LogP contribution >= 0.6 is 11.8 Å². The van der Waals surface area contributed by atoms with Crippen LogP contribution in [0.5, 0.6) is 0 Å². The molecule has 0 saturated heterocycles. The Balaban J connectivity index is 2.06. The van der Waals surface area contributed by atoms with Crippen molar-refractivity contribution in [3.05, 3.63) is 30.0 Å². The van der Waals surface area contributed by atoms with Gasteiger partial charge < -0.3 is 10.3 Å². The molecule has 0 spiro atoms. The smallest absolute Gasteiger partial charge is 0.216 e. The van der Waals surface area contributed by atoms with Crippen molar-refractivity contribution in [2.45, 2.75) is 38.0 Å². The molecule has 0 atom stereocenters. The molecule has 0 fully saturated rings. The fourth-order valence-electron chi connectivity index (χ4n) is 2.16. The first-order chi connectivity index (χ1) is 9.70. The third-order valence-corrected chi connectivity index (χ3v) is 4.35. The van der Waals surface area contributed by atoms with Gasteiger partial charge in [0.25, 0.3) is 0 Å². The molecule has 0 bridgehead atoms. The summed E-state index contributed by atoms with van der Waals surface area (Å²) in [4.78, 5) is 15.5. The minimum atomic E-state index is 0.0284. The SMILES string of the molecule is CCCCSc1ccc2[nH]cc(CCNC(C)=O)c2c1. The molecule has 1 aromatic carbocycles. The number of carbonyl (C=O) groups excluding carboxylic acids is 1. The Bertz CT molecular complexity index is 577. The van der Waals surface area contributed by atoms with Crippen LogP contribution in [0.15, 0.2) is 29.3 Å². The Morgan fingerprint density at radius 3 is 3.00 bits per heavy atom. The van der Waals surface area contributed by atoms with E-state index in [4.69, 9.17) is 0 Å². The number of amides is 1. The summed E-state index contributed by atoms with van der Waals surface area (Å²) in [7, 11) is 0. The van der Waals surface area contributed by atoms with Crippen molar-refractivity contribution in [2.75, 3.05) is 12.3 Å². The Hall–Kier alpha value is -1.42. The van der Waals surface area contributed by atoms with E-state index in [0.717, 1.165) is 6.42 Å². The maximum Gasteiger partial charge on any atom is 0.216 e. The van der Waals surface area contributed by atoms with E-state index in [-0.39, 0.29) is 5.91 Å². The van der Waals surface area contributed by atoms with E-state index < -0.39 is 0 Å². The molecule has 2 aromatic rings. The topological polar surface area (TPSA) is 44.9 Å². The lowest BCUT2D eigenvalue weighted by Gasteiger charge is -2.04. The van der Waals surface area contributed by atoms with Crippen LogP contribution in [0.25, 0.3) is 10.9 Å². The van der Waals surface area contributed by atoms with Crippen molar-refractivity contribution in [2.24, 2.45) is 0 Å². The molecule has 0 radical (unpaired) electrons. The van der Waals surface area contributed by atoms with Gasteiger partial charge in [-0.25, -0.2) is 0 Å². The Labute approximate surface area is 124 Å². The molecule has 4 heteroatoms. The highest BCUT2D eigenvalue weighted by Gasteiger charge is 2.05. The van der Waals surface area contributed by atoms with Crippen molar-refractivity contribution in [1.82, 2.24) is 10.3 Å². The quantitative estimate of drug-likeness (QED) is 0.602. The van der Waals surface area contributed by atoms with E-state index in [9.17, 15) is 4.79 Å². The van der Waals surface area contributed by atoms with Gasteiger partial charge in [0.1, 0.15) is 0 Å². The summed E-state index contributed by atoms with van der Waals surface area (Å²) >= 11 is 1.92. The summed E-state index contributed by atoms with van der Waals surface area (Å²) in [5.41, 5.74) is 2.44. The molecule has 0 aliphatic carbocycles. The number of nitrogens with one attached hydrogen (secondary N) is 2. The lowest BCUT2D eigenvalue weighted by molar-refractivity contribution is -0.118. The summed E-state index contributed by atoms with van der Waals surface area (Å²) in [6, 6.07) is 6.58. The minimum Gasteiger partial charge on any atom is -0.361 e. The summed E-state index contributed by atoms with van der Waals surface area (Å²) in [6.45, 7) is 4.46. The predicted octanol–water partition coefficient (Wildman–Crippen LogP) is 3.74. The third-order valence-electron chi connectivity index (χ3n) is 3.27. The second kappa shape index (κ2) is 7.39. The zero-order valence-electron chi connectivity index (χ0n) is 12.2. The van der Waals surface area contributed by atoms with Gasteiger partial charge in [-0.1, -0.05) is 13.3 Å². The lowest BCUT2D eigenvalue weighted by Crippen LogP contribution is -2.22. The molecule has 1 aromatic heterocycles. The second-order valence-corrected chi connectivity index (χ2v) is 6.12. The van der Waals surface area contributed by atoms with Gasteiger partial charge in [-0.15, -0.1) is 11.8 Å². The zero-order chi connectivity index (χ0) is 14.4. The maximum atomic E-state index is 10.9. The number of rotatable bonds is 7. The largest absolute Gasteiger partial charge is 0.361 e. The third kappa shape index (κ3) is 4.04. The van der Waals surface area contributed by atoms with E-state index in [0.29, 0.717) is 6.54 Å². The van der Waals surface area contributed by atoms with Gasteiger partial charge >= 0.3 is 0 Å². The molecule has 0 saturated carbocycles. The highest BCUT2D eigenvalue weighted by Crippen LogP contribution is 2.26. The number of unbranched alkanes of at least 4 members (excludes halogenated alkanes) is 1. The van der Waals surface area contributed by atoms with Crippen molar-refractivity contribution >= 4 is 28.6 Å². The molecule has 0 aliphatic rings. The van der Waals surface area contributed by atoms with Gasteiger partial charge in [-0.05, 0) is 42.4 Å². The molecule has 2 rings (SSSR count). The van der Waals surface area contributed by atoms with Crippen LogP contribution in [0, 0.1) is 0 Å². The fraction of sp³-hybridized carbons (Fsp3) is 0.438.